The minimum atomic E-state index is -0.549. The largest absolute Gasteiger partial charge is 0.369 e. The van der Waals surface area contributed by atoms with Crippen LogP contribution >= 0.6 is 12.4 Å². The van der Waals surface area contributed by atoms with Gasteiger partial charge >= 0.3 is 0 Å². The van der Waals surface area contributed by atoms with Crippen molar-refractivity contribution in [3.8, 4) is 0 Å². The summed E-state index contributed by atoms with van der Waals surface area (Å²) in [7, 11) is 2.16. The molecule has 0 aliphatic carbocycles. The zero-order valence-electron chi connectivity index (χ0n) is 16.8. The fourth-order valence-corrected chi connectivity index (χ4v) is 3.54. The number of anilines is 1. The van der Waals surface area contributed by atoms with Gasteiger partial charge in [0, 0.05) is 44.4 Å². The number of fused-ring (bicyclic) bond motifs is 1. The monoisotopic (exact) mass is 427 g/mol. The molecular weight excluding hydrogens is 402 g/mol. The Morgan fingerprint density at radius 2 is 1.90 bits per heavy atom. The number of likely N-dealkylation sites (N-methyl/N-ethyl adjacent to an activating group) is 1. The first-order chi connectivity index (χ1) is 14.1. The molecule has 8 heteroatoms. The van der Waals surface area contributed by atoms with Gasteiger partial charge in [-0.15, -0.1) is 12.4 Å². The molecule has 0 bridgehead atoms. The van der Waals surface area contributed by atoms with E-state index in [-0.39, 0.29) is 12.4 Å². The normalized spacial score (nSPS) is 14.8. The van der Waals surface area contributed by atoms with Crippen molar-refractivity contribution in [2.75, 3.05) is 38.1 Å². The number of hydroxylamine groups is 1. The Kier molecular flexibility index (Phi) is 7.10. The highest BCUT2D eigenvalue weighted by atomic mass is 35.5. The van der Waals surface area contributed by atoms with Crippen molar-refractivity contribution in [1.82, 2.24) is 20.3 Å². The lowest BCUT2D eigenvalue weighted by Gasteiger charge is -2.34. The third-order valence-electron chi connectivity index (χ3n) is 5.27. The molecule has 0 spiro atoms. The van der Waals surface area contributed by atoms with E-state index >= 15 is 0 Å². The first-order valence-electron chi connectivity index (χ1n) is 9.74. The molecule has 4 rings (SSSR count). The summed E-state index contributed by atoms with van der Waals surface area (Å²) in [6.45, 7) is 4.26. The van der Waals surface area contributed by atoms with Gasteiger partial charge in [-0.2, -0.15) is 0 Å². The SMILES string of the molecule is CN1CCN(c2ccc3nc(Cc4ccc(/C=C/C(=O)NO)cc4)[nH]c3c2)CC1.Cl. The second-order valence-corrected chi connectivity index (χ2v) is 7.40. The van der Waals surface area contributed by atoms with Gasteiger partial charge in [0.1, 0.15) is 5.82 Å². The van der Waals surface area contributed by atoms with Gasteiger partial charge in [0.25, 0.3) is 5.91 Å². The Labute approximate surface area is 181 Å². The molecule has 3 N–H and O–H groups in total. The molecule has 30 heavy (non-hydrogen) atoms. The highest BCUT2D eigenvalue weighted by Crippen LogP contribution is 2.22. The predicted octanol–water partition coefficient (Wildman–Crippen LogP) is 2.85. The first-order valence-corrected chi connectivity index (χ1v) is 9.74. The zero-order valence-corrected chi connectivity index (χ0v) is 17.7. The Bertz CT molecular complexity index is 1020. The van der Waals surface area contributed by atoms with E-state index in [9.17, 15) is 4.79 Å². The lowest BCUT2D eigenvalue weighted by molar-refractivity contribution is -0.124. The molecule has 2 heterocycles. The molecule has 1 saturated heterocycles. The van der Waals surface area contributed by atoms with Crippen molar-refractivity contribution in [2.24, 2.45) is 0 Å². The summed E-state index contributed by atoms with van der Waals surface area (Å²) < 4.78 is 0. The van der Waals surface area contributed by atoms with Crippen LogP contribution in [0.4, 0.5) is 5.69 Å². The number of carbonyl (C=O) groups is 1. The van der Waals surface area contributed by atoms with Gasteiger partial charge in [0.05, 0.1) is 11.0 Å². The Hall–Kier alpha value is -2.87. The van der Waals surface area contributed by atoms with Gasteiger partial charge in [-0.05, 0) is 42.4 Å². The summed E-state index contributed by atoms with van der Waals surface area (Å²) in [5.74, 6) is 0.380. The smallest absolute Gasteiger partial charge is 0.267 e. The number of H-pyrrole nitrogens is 1. The molecule has 3 aromatic rings. The lowest BCUT2D eigenvalue weighted by atomic mass is 10.1. The van der Waals surface area contributed by atoms with E-state index in [1.165, 1.54) is 11.8 Å². The second-order valence-electron chi connectivity index (χ2n) is 7.40. The van der Waals surface area contributed by atoms with E-state index in [0.29, 0.717) is 6.42 Å². The summed E-state index contributed by atoms with van der Waals surface area (Å²) in [6, 6.07) is 14.3. The number of imidazole rings is 1. The summed E-state index contributed by atoms with van der Waals surface area (Å²) in [4.78, 5) is 24.0. The van der Waals surface area contributed by atoms with Gasteiger partial charge < -0.3 is 14.8 Å². The fraction of sp³-hybridized carbons (Fsp3) is 0.273. The second kappa shape index (κ2) is 9.75. The molecule has 0 saturated carbocycles. The number of benzene rings is 2. The molecule has 0 unspecified atom stereocenters. The van der Waals surface area contributed by atoms with Gasteiger partial charge in [0.2, 0.25) is 0 Å². The number of nitrogens with one attached hydrogen (secondary N) is 2. The van der Waals surface area contributed by atoms with Gasteiger partial charge in [-0.25, -0.2) is 10.5 Å². The minimum Gasteiger partial charge on any atom is -0.369 e. The van der Waals surface area contributed by atoms with Crippen molar-refractivity contribution in [3.63, 3.8) is 0 Å². The average Bonchev–Trinajstić information content (AvgIpc) is 3.15. The highest BCUT2D eigenvalue weighted by molar-refractivity contribution is 5.90. The first kappa shape index (κ1) is 21.8. The number of halogens is 1. The number of aromatic amines is 1. The molecule has 7 nitrogen and oxygen atoms in total. The molecule has 1 amide bonds. The van der Waals surface area contributed by atoms with E-state index in [2.05, 4.69) is 40.0 Å². The van der Waals surface area contributed by atoms with Crippen LogP contribution in [0.25, 0.3) is 17.1 Å². The number of aromatic nitrogens is 2. The quantitative estimate of drug-likeness (QED) is 0.331. The highest BCUT2D eigenvalue weighted by Gasteiger charge is 2.15. The predicted molar refractivity (Wildman–Crippen MR) is 121 cm³/mol. The van der Waals surface area contributed by atoms with Gasteiger partial charge in [0.15, 0.2) is 0 Å². The van der Waals surface area contributed by atoms with E-state index in [4.69, 9.17) is 10.2 Å². The number of nitrogens with zero attached hydrogens (tertiary/aromatic N) is 3. The number of rotatable bonds is 5. The Morgan fingerprint density at radius 1 is 1.17 bits per heavy atom. The van der Waals surface area contributed by atoms with Crippen LogP contribution < -0.4 is 10.4 Å². The van der Waals surface area contributed by atoms with E-state index in [1.807, 2.05) is 24.3 Å². The molecule has 2 aromatic carbocycles. The molecular formula is C22H26ClN5O2. The van der Waals surface area contributed by atoms with Crippen LogP contribution in [0, 0.1) is 0 Å². The molecule has 0 atom stereocenters. The summed E-state index contributed by atoms with van der Waals surface area (Å²) in [5, 5.41) is 8.52. The fourth-order valence-electron chi connectivity index (χ4n) is 3.54. The van der Waals surface area contributed by atoms with Crippen molar-refractivity contribution < 1.29 is 10.0 Å². The van der Waals surface area contributed by atoms with Crippen molar-refractivity contribution in [3.05, 3.63) is 65.5 Å². The summed E-state index contributed by atoms with van der Waals surface area (Å²) in [5.41, 5.74) is 6.87. The number of hydrogen-bond donors (Lipinski definition) is 3. The van der Waals surface area contributed by atoms with Crippen molar-refractivity contribution in [1.29, 1.82) is 0 Å². The van der Waals surface area contributed by atoms with Crippen LogP contribution in [0.3, 0.4) is 0 Å². The number of carbonyl (C=O) groups excluding carboxylic acids is 1. The number of hydrogen-bond acceptors (Lipinski definition) is 5. The van der Waals surface area contributed by atoms with Crippen LogP contribution in [-0.4, -0.2) is 59.2 Å². The van der Waals surface area contributed by atoms with E-state index in [0.717, 1.165) is 54.2 Å². The molecule has 1 aliphatic rings. The zero-order chi connectivity index (χ0) is 20.2. The topological polar surface area (TPSA) is 84.5 Å². The summed E-state index contributed by atoms with van der Waals surface area (Å²) >= 11 is 0. The van der Waals surface area contributed by atoms with Crippen LogP contribution in [0.1, 0.15) is 17.0 Å². The Balaban J connectivity index is 0.00000256. The maximum Gasteiger partial charge on any atom is 0.267 e. The molecule has 0 radical (unpaired) electrons. The third-order valence-corrected chi connectivity index (χ3v) is 5.27. The Morgan fingerprint density at radius 3 is 2.60 bits per heavy atom. The third kappa shape index (κ3) is 5.18. The van der Waals surface area contributed by atoms with Crippen LogP contribution in [-0.2, 0) is 11.2 Å². The molecule has 1 aromatic heterocycles. The molecule has 158 valence electrons. The standard InChI is InChI=1S/C22H25N5O2.ClH/c1-26-10-12-27(13-11-26)18-7-8-19-20(15-18)24-21(23-19)14-17-4-2-16(3-5-17)6-9-22(28)25-29;/h2-9,15,29H,10-14H2,1H3,(H,23,24)(H,25,28);1H/b9-6+;. The van der Waals surface area contributed by atoms with Crippen LogP contribution in [0.15, 0.2) is 48.5 Å². The van der Waals surface area contributed by atoms with Crippen molar-refractivity contribution >= 4 is 41.1 Å². The molecule has 1 aliphatic heterocycles. The lowest BCUT2D eigenvalue weighted by Crippen LogP contribution is -2.44. The minimum absolute atomic E-state index is 0. The average molecular weight is 428 g/mol. The number of amides is 1. The summed E-state index contributed by atoms with van der Waals surface area (Å²) in [6.07, 6.45) is 3.64. The molecule has 1 fully saturated rings. The van der Waals surface area contributed by atoms with Gasteiger partial charge in [-0.1, -0.05) is 24.3 Å². The van der Waals surface area contributed by atoms with E-state index < -0.39 is 5.91 Å². The maximum atomic E-state index is 11.1. The van der Waals surface area contributed by atoms with Crippen LogP contribution in [0.2, 0.25) is 0 Å². The number of piperazine rings is 1. The van der Waals surface area contributed by atoms with Crippen molar-refractivity contribution in [2.45, 2.75) is 6.42 Å². The van der Waals surface area contributed by atoms with Gasteiger partial charge in [-0.3, -0.25) is 10.0 Å². The maximum absolute atomic E-state index is 11.1. The van der Waals surface area contributed by atoms with E-state index in [1.54, 1.807) is 11.6 Å². The van der Waals surface area contributed by atoms with Crippen LogP contribution in [0.5, 0.6) is 0 Å².